The average molecular weight is 528 g/mol. The van der Waals surface area contributed by atoms with Gasteiger partial charge in [-0.25, -0.2) is 9.18 Å². The molecule has 2 unspecified atom stereocenters. The Bertz CT molecular complexity index is 1340. The molecule has 6 nitrogen and oxygen atoms in total. The predicted octanol–water partition coefficient (Wildman–Crippen LogP) is 5.70. The molecule has 2 heterocycles. The highest BCUT2D eigenvalue weighted by Crippen LogP contribution is 2.40. The fourth-order valence-corrected chi connectivity index (χ4v) is 5.89. The van der Waals surface area contributed by atoms with Crippen molar-refractivity contribution in [3.05, 3.63) is 107 Å². The topological polar surface area (TPSA) is 65.8 Å². The minimum atomic E-state index is -0.825. The molecular weight excluding hydrogens is 493 g/mol. The molecule has 0 bridgehead atoms. The fraction of sp³-hybridized carbons (Fsp3) is 0.375. The van der Waals surface area contributed by atoms with E-state index in [1.807, 2.05) is 85.2 Å². The van der Waals surface area contributed by atoms with Crippen LogP contribution in [0.4, 0.5) is 9.18 Å². The van der Waals surface area contributed by atoms with E-state index in [2.05, 4.69) is 12.1 Å². The van der Waals surface area contributed by atoms with Crippen LogP contribution in [0.2, 0.25) is 0 Å². The highest BCUT2D eigenvalue weighted by atomic mass is 19.1. The van der Waals surface area contributed by atoms with Gasteiger partial charge in [-0.3, -0.25) is 0 Å². The van der Waals surface area contributed by atoms with Crippen LogP contribution in [0, 0.1) is 17.1 Å². The lowest BCUT2D eigenvalue weighted by atomic mass is 9.91. The van der Waals surface area contributed by atoms with Crippen molar-refractivity contribution in [1.29, 1.82) is 5.26 Å². The van der Waals surface area contributed by atoms with Gasteiger partial charge in [-0.05, 0) is 62.4 Å². The Labute approximate surface area is 229 Å². The SMILES string of the molecule is CCN1C(=O)N(Cc2ccc(F)c(C#N)c2)[C@H](Cc2ccccc2)C2OC(C)(C)OC2[C@H]1Cc1ccccc1. The lowest BCUT2D eigenvalue weighted by Crippen LogP contribution is -2.51. The highest BCUT2D eigenvalue weighted by molar-refractivity contribution is 5.76. The number of carbonyl (C=O) groups is 1. The van der Waals surface area contributed by atoms with Crippen LogP contribution in [0.3, 0.4) is 0 Å². The monoisotopic (exact) mass is 527 g/mol. The standard InChI is InChI=1S/C32H34FN3O3/c1-4-35-27(18-22-11-7-5-8-12-22)29-30(39-32(2,3)38-29)28(19-23-13-9-6-10-14-23)36(31(35)37)21-24-15-16-26(33)25(17-24)20-34/h5-17,27-30H,4,18-19,21H2,1-3H3/t27-,28-,29?,30?/m1/s1. The van der Waals surface area contributed by atoms with E-state index in [9.17, 15) is 14.4 Å². The Kier molecular flexibility index (Phi) is 7.69. The molecule has 5 rings (SSSR count). The van der Waals surface area contributed by atoms with Crippen LogP contribution in [-0.2, 0) is 28.9 Å². The number of nitriles is 1. The molecule has 2 saturated heterocycles. The van der Waals surface area contributed by atoms with Crippen molar-refractivity contribution in [2.75, 3.05) is 6.54 Å². The molecule has 0 N–H and O–H groups in total. The second-order valence-corrected chi connectivity index (χ2v) is 10.7. The molecule has 2 fully saturated rings. The summed E-state index contributed by atoms with van der Waals surface area (Å²) in [5.74, 6) is -1.40. The minimum absolute atomic E-state index is 0.0388. The number of amides is 2. The van der Waals surface area contributed by atoms with Gasteiger partial charge in [0.15, 0.2) is 5.79 Å². The molecule has 2 aliphatic heterocycles. The second kappa shape index (κ2) is 11.2. The predicted molar refractivity (Wildman–Crippen MR) is 146 cm³/mol. The number of nitrogens with zero attached hydrogens (tertiary/aromatic N) is 3. The van der Waals surface area contributed by atoms with Crippen LogP contribution in [-0.4, -0.2) is 52.5 Å². The maximum atomic E-state index is 14.4. The van der Waals surface area contributed by atoms with Gasteiger partial charge in [-0.1, -0.05) is 66.7 Å². The van der Waals surface area contributed by atoms with E-state index in [1.54, 1.807) is 6.07 Å². The van der Waals surface area contributed by atoms with Gasteiger partial charge < -0.3 is 19.3 Å². The van der Waals surface area contributed by atoms with Gasteiger partial charge in [0, 0.05) is 13.1 Å². The van der Waals surface area contributed by atoms with Gasteiger partial charge in [0.05, 0.1) is 17.6 Å². The van der Waals surface area contributed by atoms with Crippen molar-refractivity contribution in [2.45, 2.75) is 70.2 Å². The molecule has 3 aromatic carbocycles. The first-order chi connectivity index (χ1) is 18.8. The number of fused-ring (bicyclic) bond motifs is 1. The Morgan fingerprint density at radius 2 is 1.38 bits per heavy atom. The molecule has 2 aliphatic rings. The van der Waals surface area contributed by atoms with E-state index in [0.717, 1.165) is 11.1 Å². The van der Waals surface area contributed by atoms with Gasteiger partial charge in [0.1, 0.15) is 24.1 Å². The lowest BCUT2D eigenvalue weighted by molar-refractivity contribution is -0.157. The molecule has 39 heavy (non-hydrogen) atoms. The summed E-state index contributed by atoms with van der Waals surface area (Å²) in [6.45, 7) is 6.52. The summed E-state index contributed by atoms with van der Waals surface area (Å²) < 4.78 is 27.3. The van der Waals surface area contributed by atoms with Crippen molar-refractivity contribution in [1.82, 2.24) is 9.80 Å². The van der Waals surface area contributed by atoms with Crippen molar-refractivity contribution in [2.24, 2.45) is 0 Å². The molecule has 0 radical (unpaired) electrons. The number of benzene rings is 3. The number of urea groups is 1. The zero-order valence-electron chi connectivity index (χ0n) is 22.6. The number of ether oxygens (including phenoxy) is 2. The van der Waals surface area contributed by atoms with E-state index >= 15 is 0 Å². The maximum absolute atomic E-state index is 14.4. The molecule has 4 atom stereocenters. The number of likely N-dealkylation sites (N-methyl/N-ethyl adjacent to an activating group) is 1. The third kappa shape index (κ3) is 5.68. The van der Waals surface area contributed by atoms with Gasteiger partial charge in [-0.15, -0.1) is 0 Å². The number of hydrogen-bond acceptors (Lipinski definition) is 4. The van der Waals surface area contributed by atoms with Crippen LogP contribution >= 0.6 is 0 Å². The molecular formula is C32H34FN3O3. The van der Waals surface area contributed by atoms with Crippen LogP contribution in [0.15, 0.2) is 78.9 Å². The quantitative estimate of drug-likeness (QED) is 0.396. The zero-order chi connectivity index (χ0) is 27.6. The van der Waals surface area contributed by atoms with Gasteiger partial charge >= 0.3 is 6.03 Å². The Balaban J connectivity index is 1.60. The van der Waals surface area contributed by atoms with E-state index < -0.39 is 17.7 Å². The van der Waals surface area contributed by atoms with Crippen molar-refractivity contribution >= 4 is 6.03 Å². The van der Waals surface area contributed by atoms with Gasteiger partial charge in [-0.2, -0.15) is 5.26 Å². The maximum Gasteiger partial charge on any atom is 0.321 e. The normalized spacial score (nSPS) is 24.2. The third-order valence-electron chi connectivity index (χ3n) is 7.63. The van der Waals surface area contributed by atoms with Crippen LogP contribution in [0.25, 0.3) is 0 Å². The number of halogens is 1. The molecule has 202 valence electrons. The second-order valence-electron chi connectivity index (χ2n) is 10.7. The minimum Gasteiger partial charge on any atom is -0.342 e. The van der Waals surface area contributed by atoms with Crippen LogP contribution < -0.4 is 0 Å². The van der Waals surface area contributed by atoms with Crippen LogP contribution in [0.1, 0.15) is 43.0 Å². The van der Waals surface area contributed by atoms with Crippen molar-refractivity contribution in [3.63, 3.8) is 0 Å². The van der Waals surface area contributed by atoms with E-state index in [0.29, 0.717) is 24.9 Å². The Morgan fingerprint density at radius 1 is 0.846 bits per heavy atom. The molecule has 0 spiro atoms. The summed E-state index contributed by atoms with van der Waals surface area (Å²) in [4.78, 5) is 18.1. The Hall–Kier alpha value is -3.73. The molecule has 3 aromatic rings. The zero-order valence-corrected chi connectivity index (χ0v) is 22.6. The van der Waals surface area contributed by atoms with Gasteiger partial charge in [0.2, 0.25) is 0 Å². The lowest BCUT2D eigenvalue weighted by Gasteiger charge is -2.37. The average Bonchev–Trinajstić information content (AvgIpc) is 3.24. The summed E-state index contributed by atoms with van der Waals surface area (Å²) in [7, 11) is 0. The van der Waals surface area contributed by atoms with E-state index in [4.69, 9.17) is 9.47 Å². The molecule has 0 aliphatic carbocycles. The van der Waals surface area contributed by atoms with E-state index in [-0.39, 0.29) is 36.3 Å². The molecule has 7 heteroatoms. The first-order valence-electron chi connectivity index (χ1n) is 13.5. The summed E-state index contributed by atoms with van der Waals surface area (Å²) in [5, 5.41) is 9.41. The van der Waals surface area contributed by atoms with Crippen molar-refractivity contribution in [3.8, 4) is 6.07 Å². The van der Waals surface area contributed by atoms with Gasteiger partial charge in [0.25, 0.3) is 0 Å². The summed E-state index contributed by atoms with van der Waals surface area (Å²) in [5.41, 5.74) is 2.84. The fourth-order valence-electron chi connectivity index (χ4n) is 5.89. The number of carbonyl (C=O) groups excluding carboxylic acids is 1. The summed E-state index contributed by atoms with van der Waals surface area (Å²) >= 11 is 0. The molecule has 0 saturated carbocycles. The largest absolute Gasteiger partial charge is 0.342 e. The summed E-state index contributed by atoms with van der Waals surface area (Å²) in [6.07, 6.45) is 0.438. The smallest absolute Gasteiger partial charge is 0.321 e. The molecule has 2 amide bonds. The Morgan fingerprint density at radius 3 is 1.90 bits per heavy atom. The third-order valence-corrected chi connectivity index (χ3v) is 7.63. The number of hydrogen-bond donors (Lipinski definition) is 0. The first-order valence-corrected chi connectivity index (χ1v) is 13.5. The summed E-state index contributed by atoms with van der Waals surface area (Å²) in [6, 6.07) is 25.8. The first kappa shape index (κ1) is 26.9. The number of rotatable bonds is 7. The molecule has 0 aromatic heterocycles. The van der Waals surface area contributed by atoms with E-state index in [1.165, 1.54) is 12.1 Å². The highest BCUT2D eigenvalue weighted by Gasteiger charge is 2.55. The van der Waals surface area contributed by atoms with Crippen LogP contribution in [0.5, 0.6) is 0 Å². The van der Waals surface area contributed by atoms with Crippen molar-refractivity contribution < 1.29 is 18.7 Å².